The van der Waals surface area contributed by atoms with Crippen LogP contribution in [-0.2, 0) is 10.2 Å². The van der Waals surface area contributed by atoms with E-state index < -0.39 is 11.1 Å². The Kier molecular flexibility index (Phi) is 7.11. The van der Waals surface area contributed by atoms with E-state index in [2.05, 4.69) is 31.0 Å². The van der Waals surface area contributed by atoms with Crippen LogP contribution in [0.2, 0.25) is 0 Å². The maximum atomic E-state index is 15.4. The van der Waals surface area contributed by atoms with Crippen molar-refractivity contribution < 1.29 is 13.9 Å². The van der Waals surface area contributed by atoms with Crippen LogP contribution in [0.3, 0.4) is 0 Å². The molecule has 3 rings (SSSR count). The molecule has 1 amide bonds. The van der Waals surface area contributed by atoms with E-state index in [4.69, 9.17) is 4.74 Å². The van der Waals surface area contributed by atoms with Crippen LogP contribution < -0.4 is 10.1 Å². The van der Waals surface area contributed by atoms with E-state index in [-0.39, 0.29) is 12.5 Å². The van der Waals surface area contributed by atoms with Gasteiger partial charge in [-0.2, -0.15) is 0 Å². The van der Waals surface area contributed by atoms with Crippen LogP contribution in [0.5, 0.6) is 5.75 Å². The van der Waals surface area contributed by atoms with Crippen LogP contribution in [0.1, 0.15) is 71.3 Å². The number of benzene rings is 1. The van der Waals surface area contributed by atoms with Crippen LogP contribution in [0.25, 0.3) is 0 Å². The molecule has 1 saturated carbocycles. The van der Waals surface area contributed by atoms with E-state index in [0.29, 0.717) is 18.3 Å². The predicted octanol–water partition coefficient (Wildman–Crippen LogP) is 4.86. The first kappa shape index (κ1) is 23.1. The predicted molar refractivity (Wildman–Crippen MR) is 120 cm³/mol. The Morgan fingerprint density at radius 2 is 1.70 bits per heavy atom. The van der Waals surface area contributed by atoms with Crippen molar-refractivity contribution in [3.05, 3.63) is 29.8 Å². The summed E-state index contributed by atoms with van der Waals surface area (Å²) >= 11 is 0. The summed E-state index contributed by atoms with van der Waals surface area (Å²) in [5.41, 5.74) is -0.512. The molecular formula is C25H39FN2O2. The number of alkyl halides is 1. The number of piperidine rings is 1. The second-order valence-electron chi connectivity index (χ2n) is 10.5. The van der Waals surface area contributed by atoms with Crippen molar-refractivity contribution in [3.8, 4) is 5.75 Å². The van der Waals surface area contributed by atoms with Gasteiger partial charge in [0.2, 0.25) is 5.91 Å². The molecule has 1 aromatic carbocycles. The Balaban J connectivity index is 1.57. The zero-order valence-electron chi connectivity index (χ0n) is 19.2. The van der Waals surface area contributed by atoms with Gasteiger partial charge in [-0.3, -0.25) is 4.79 Å². The Morgan fingerprint density at radius 3 is 2.23 bits per heavy atom. The SMILES string of the molecule is COc1ccc(C2(C(=O)NCC3(F)CCN(CCC(C)(C)C)CC3)CCCC2)cc1. The molecule has 4 nitrogen and oxygen atoms in total. The number of nitrogens with zero attached hydrogens (tertiary/aromatic N) is 1. The second-order valence-corrected chi connectivity index (χ2v) is 10.5. The summed E-state index contributed by atoms with van der Waals surface area (Å²) in [5, 5.41) is 3.01. The third-order valence-electron chi connectivity index (χ3n) is 7.03. The topological polar surface area (TPSA) is 41.6 Å². The number of nitrogens with one attached hydrogen (secondary N) is 1. The summed E-state index contributed by atoms with van der Waals surface area (Å²) in [6.45, 7) is 9.41. The number of rotatable bonds is 7. The minimum Gasteiger partial charge on any atom is -0.497 e. The third-order valence-corrected chi connectivity index (χ3v) is 7.03. The standard InChI is InChI=1S/C25H39FN2O2/c1-23(2,3)13-16-28-17-14-24(26,15-18-28)19-27-22(29)25(11-5-6-12-25)20-7-9-21(30-4)10-8-20/h7-10H,5-6,11-19H2,1-4H3,(H,27,29). The second kappa shape index (κ2) is 9.25. The normalized spacial score (nSPS) is 21.4. The zero-order valence-corrected chi connectivity index (χ0v) is 19.2. The highest BCUT2D eigenvalue weighted by atomic mass is 19.1. The number of methoxy groups -OCH3 is 1. The number of amides is 1. The fraction of sp³-hybridized carbons (Fsp3) is 0.720. The number of halogens is 1. The van der Waals surface area contributed by atoms with E-state index in [1.54, 1.807) is 7.11 Å². The third kappa shape index (κ3) is 5.54. The molecule has 0 spiro atoms. The first-order valence-electron chi connectivity index (χ1n) is 11.5. The van der Waals surface area contributed by atoms with Gasteiger partial charge in [0.25, 0.3) is 0 Å². The molecule has 0 atom stereocenters. The molecule has 2 aliphatic rings. The lowest BCUT2D eigenvalue weighted by molar-refractivity contribution is -0.127. The molecular weight excluding hydrogens is 379 g/mol. The Labute approximate surface area is 181 Å². The van der Waals surface area contributed by atoms with Crippen molar-refractivity contribution in [1.29, 1.82) is 0 Å². The lowest BCUT2D eigenvalue weighted by Crippen LogP contribution is -2.51. The molecule has 1 aliphatic carbocycles. The largest absolute Gasteiger partial charge is 0.497 e. The van der Waals surface area contributed by atoms with Gasteiger partial charge in [0.1, 0.15) is 11.4 Å². The highest BCUT2D eigenvalue weighted by molar-refractivity contribution is 5.88. The molecule has 1 heterocycles. The van der Waals surface area contributed by atoms with E-state index in [0.717, 1.165) is 63.1 Å². The first-order chi connectivity index (χ1) is 14.2. The molecule has 1 saturated heterocycles. The van der Waals surface area contributed by atoms with Gasteiger partial charge in [-0.1, -0.05) is 45.7 Å². The van der Waals surface area contributed by atoms with E-state index in [1.165, 1.54) is 0 Å². The molecule has 0 aromatic heterocycles. The quantitative estimate of drug-likeness (QED) is 0.687. The Bertz CT molecular complexity index is 697. The summed E-state index contributed by atoms with van der Waals surface area (Å²) < 4.78 is 20.7. The minimum absolute atomic E-state index is 0.0163. The fourth-order valence-corrected chi connectivity index (χ4v) is 4.79. The number of carbonyl (C=O) groups excluding carboxylic acids is 1. The Morgan fingerprint density at radius 1 is 1.10 bits per heavy atom. The van der Waals surface area contributed by atoms with Gasteiger partial charge in [0.15, 0.2) is 0 Å². The minimum atomic E-state index is -1.30. The molecule has 1 aliphatic heterocycles. The average molecular weight is 419 g/mol. The summed E-state index contributed by atoms with van der Waals surface area (Å²) in [6.07, 6.45) is 5.81. The first-order valence-corrected chi connectivity index (χ1v) is 11.5. The van der Waals surface area contributed by atoms with Gasteiger partial charge < -0.3 is 15.0 Å². The zero-order chi connectivity index (χ0) is 21.8. The van der Waals surface area contributed by atoms with Gasteiger partial charge in [-0.05, 0) is 61.8 Å². The van der Waals surface area contributed by atoms with Crippen molar-refractivity contribution >= 4 is 5.91 Å². The number of ether oxygens (including phenoxy) is 1. The van der Waals surface area contributed by atoms with Crippen molar-refractivity contribution in [1.82, 2.24) is 10.2 Å². The lowest BCUT2D eigenvalue weighted by atomic mass is 9.77. The molecule has 5 heteroatoms. The molecule has 0 radical (unpaired) electrons. The lowest BCUT2D eigenvalue weighted by Gasteiger charge is -2.38. The van der Waals surface area contributed by atoms with Gasteiger partial charge in [-0.15, -0.1) is 0 Å². The van der Waals surface area contributed by atoms with Crippen molar-refractivity contribution in [2.45, 2.75) is 76.8 Å². The van der Waals surface area contributed by atoms with Crippen LogP contribution >= 0.6 is 0 Å². The van der Waals surface area contributed by atoms with Gasteiger partial charge in [0, 0.05) is 13.1 Å². The number of carbonyl (C=O) groups is 1. The summed E-state index contributed by atoms with van der Waals surface area (Å²) in [7, 11) is 1.64. The average Bonchev–Trinajstić information content (AvgIpc) is 3.22. The van der Waals surface area contributed by atoms with E-state index >= 15 is 4.39 Å². The molecule has 1 aromatic rings. The van der Waals surface area contributed by atoms with Gasteiger partial charge >= 0.3 is 0 Å². The van der Waals surface area contributed by atoms with Crippen molar-refractivity contribution in [2.75, 3.05) is 33.3 Å². The summed E-state index contributed by atoms with van der Waals surface area (Å²) in [5.74, 6) is 0.769. The molecule has 168 valence electrons. The number of hydrogen-bond acceptors (Lipinski definition) is 3. The Hall–Kier alpha value is -1.62. The molecule has 0 bridgehead atoms. The summed E-state index contributed by atoms with van der Waals surface area (Å²) in [4.78, 5) is 15.6. The molecule has 0 unspecified atom stereocenters. The van der Waals surface area contributed by atoms with Crippen LogP contribution in [0, 0.1) is 5.41 Å². The monoisotopic (exact) mass is 418 g/mol. The smallest absolute Gasteiger partial charge is 0.230 e. The molecule has 30 heavy (non-hydrogen) atoms. The van der Waals surface area contributed by atoms with Crippen molar-refractivity contribution in [2.24, 2.45) is 5.41 Å². The highest BCUT2D eigenvalue weighted by Crippen LogP contribution is 2.42. The van der Waals surface area contributed by atoms with Gasteiger partial charge in [-0.25, -0.2) is 4.39 Å². The van der Waals surface area contributed by atoms with Crippen molar-refractivity contribution in [3.63, 3.8) is 0 Å². The van der Waals surface area contributed by atoms with Crippen LogP contribution in [0.15, 0.2) is 24.3 Å². The summed E-state index contributed by atoms with van der Waals surface area (Å²) in [6, 6.07) is 7.80. The number of likely N-dealkylation sites (tertiary alicyclic amines) is 1. The maximum Gasteiger partial charge on any atom is 0.230 e. The maximum absolute atomic E-state index is 15.4. The van der Waals surface area contributed by atoms with E-state index in [1.807, 2.05) is 24.3 Å². The van der Waals surface area contributed by atoms with Crippen LogP contribution in [-0.4, -0.2) is 49.8 Å². The molecule has 1 N–H and O–H groups in total. The fourth-order valence-electron chi connectivity index (χ4n) is 4.79. The molecule has 2 fully saturated rings. The number of hydrogen-bond donors (Lipinski definition) is 1. The van der Waals surface area contributed by atoms with Gasteiger partial charge in [0.05, 0.1) is 19.1 Å². The van der Waals surface area contributed by atoms with Crippen LogP contribution in [0.4, 0.5) is 4.39 Å². The van der Waals surface area contributed by atoms with E-state index in [9.17, 15) is 4.79 Å². The highest BCUT2D eigenvalue weighted by Gasteiger charge is 2.44.